The van der Waals surface area contributed by atoms with Gasteiger partial charge in [0.25, 0.3) is 0 Å². The molecular formula is C13H16F2N2O3. The molecule has 1 fully saturated rings. The second-order valence-electron chi connectivity index (χ2n) is 4.85. The number of aromatic nitrogens is 1. The summed E-state index contributed by atoms with van der Waals surface area (Å²) < 4.78 is 31.7. The fourth-order valence-corrected chi connectivity index (χ4v) is 2.42. The highest BCUT2D eigenvalue weighted by Gasteiger charge is 2.37. The second kappa shape index (κ2) is 5.90. The van der Waals surface area contributed by atoms with Crippen molar-refractivity contribution in [3.63, 3.8) is 0 Å². The zero-order valence-electron chi connectivity index (χ0n) is 11.2. The van der Waals surface area contributed by atoms with E-state index >= 15 is 0 Å². The number of carbonyl (C=O) groups excluding carboxylic acids is 1. The third-order valence-electron chi connectivity index (χ3n) is 3.45. The Balaban J connectivity index is 2.29. The molecule has 1 N–H and O–H groups in total. The summed E-state index contributed by atoms with van der Waals surface area (Å²) in [7, 11) is 0. The molecule has 20 heavy (non-hydrogen) atoms. The number of aliphatic hydroxyl groups is 1. The minimum atomic E-state index is -1.27. The average molecular weight is 286 g/mol. The summed E-state index contributed by atoms with van der Waals surface area (Å²) in [5, 5.41) is 9.75. The van der Waals surface area contributed by atoms with Gasteiger partial charge in [0, 0.05) is 18.2 Å². The molecule has 1 saturated heterocycles. The maximum Gasteiger partial charge on any atom is 0.220 e. The van der Waals surface area contributed by atoms with Gasteiger partial charge in [-0.1, -0.05) is 0 Å². The van der Waals surface area contributed by atoms with Crippen LogP contribution in [-0.4, -0.2) is 46.3 Å². The number of aliphatic hydroxyl groups excluding tert-OH is 1. The number of aldehydes is 1. The molecule has 3 unspecified atom stereocenters. The molecule has 0 amide bonds. The first-order valence-corrected chi connectivity index (χ1v) is 6.30. The Labute approximate surface area is 115 Å². The van der Waals surface area contributed by atoms with Gasteiger partial charge in [-0.2, -0.15) is 13.8 Å². The third-order valence-corrected chi connectivity index (χ3v) is 3.45. The summed E-state index contributed by atoms with van der Waals surface area (Å²) in [5.41, 5.74) is 0.166. The Morgan fingerprint density at radius 3 is 2.85 bits per heavy atom. The topological polar surface area (TPSA) is 62.7 Å². The van der Waals surface area contributed by atoms with Gasteiger partial charge in [-0.3, -0.25) is 4.90 Å². The maximum atomic E-state index is 13.7. The second-order valence-corrected chi connectivity index (χ2v) is 4.85. The van der Waals surface area contributed by atoms with E-state index in [2.05, 4.69) is 4.98 Å². The molecule has 4 atom stereocenters. The number of carbonyl (C=O) groups is 1. The molecule has 2 rings (SSSR count). The highest BCUT2D eigenvalue weighted by Crippen LogP contribution is 2.28. The van der Waals surface area contributed by atoms with E-state index in [4.69, 9.17) is 4.74 Å². The molecule has 0 spiro atoms. The van der Waals surface area contributed by atoms with E-state index in [0.29, 0.717) is 12.8 Å². The van der Waals surface area contributed by atoms with Crippen molar-refractivity contribution in [3.8, 4) is 0 Å². The van der Waals surface area contributed by atoms with Crippen LogP contribution in [0.1, 0.15) is 25.5 Å². The molecular weight excluding hydrogens is 270 g/mol. The van der Waals surface area contributed by atoms with E-state index in [-0.39, 0.29) is 11.7 Å². The number of morpholine rings is 1. The Hall–Kier alpha value is -1.44. The Morgan fingerprint density at radius 1 is 1.55 bits per heavy atom. The van der Waals surface area contributed by atoms with E-state index in [1.807, 2.05) is 0 Å². The number of halogens is 2. The largest absolute Gasteiger partial charge is 0.366 e. The van der Waals surface area contributed by atoms with Crippen LogP contribution in [0.4, 0.5) is 8.78 Å². The molecule has 1 aliphatic heterocycles. The molecule has 0 aliphatic carbocycles. The summed E-state index contributed by atoms with van der Waals surface area (Å²) in [5.74, 6) is -1.82. The van der Waals surface area contributed by atoms with Crippen LogP contribution in [0, 0.1) is 11.9 Å². The van der Waals surface area contributed by atoms with Crippen molar-refractivity contribution in [2.75, 3.05) is 6.54 Å². The summed E-state index contributed by atoms with van der Waals surface area (Å²) in [6, 6.07) is 0.909. The van der Waals surface area contributed by atoms with Gasteiger partial charge in [-0.15, -0.1) is 0 Å². The van der Waals surface area contributed by atoms with Crippen molar-refractivity contribution in [2.45, 2.75) is 38.3 Å². The first kappa shape index (κ1) is 15.0. The van der Waals surface area contributed by atoms with Gasteiger partial charge < -0.3 is 14.6 Å². The van der Waals surface area contributed by atoms with Crippen molar-refractivity contribution in [1.29, 1.82) is 0 Å². The number of ether oxygens (including phenoxy) is 1. The highest BCUT2D eigenvalue weighted by molar-refractivity contribution is 5.58. The van der Waals surface area contributed by atoms with Gasteiger partial charge >= 0.3 is 0 Å². The van der Waals surface area contributed by atoms with Crippen molar-refractivity contribution >= 4 is 6.29 Å². The van der Waals surface area contributed by atoms with Gasteiger partial charge in [0.15, 0.2) is 6.29 Å². The van der Waals surface area contributed by atoms with Crippen molar-refractivity contribution in [3.05, 3.63) is 29.6 Å². The van der Waals surface area contributed by atoms with Gasteiger partial charge in [0.2, 0.25) is 11.9 Å². The lowest BCUT2D eigenvalue weighted by Gasteiger charge is -2.42. The van der Waals surface area contributed by atoms with Crippen LogP contribution < -0.4 is 0 Å². The molecule has 110 valence electrons. The van der Waals surface area contributed by atoms with Gasteiger partial charge in [-0.05, 0) is 26.0 Å². The number of hydrogen-bond acceptors (Lipinski definition) is 5. The van der Waals surface area contributed by atoms with E-state index < -0.39 is 30.3 Å². The minimum absolute atomic E-state index is 0.166. The fourth-order valence-electron chi connectivity index (χ4n) is 2.42. The number of nitrogens with zero attached hydrogens (tertiary/aromatic N) is 2. The lowest BCUT2D eigenvalue weighted by molar-refractivity contribution is -0.209. The Morgan fingerprint density at radius 2 is 2.25 bits per heavy atom. The molecule has 1 aromatic rings. The van der Waals surface area contributed by atoms with Gasteiger partial charge in [0.1, 0.15) is 12.3 Å². The van der Waals surface area contributed by atoms with E-state index in [0.717, 1.165) is 6.07 Å². The van der Waals surface area contributed by atoms with E-state index in [1.165, 1.54) is 6.07 Å². The van der Waals surface area contributed by atoms with Crippen LogP contribution in [0.2, 0.25) is 0 Å². The standard InChI is InChI=1S/C13H16F2N2O3/c1-7-5-17(10(6-18)13(19)20-7)8(2)9-3-4-11(14)16-12(9)15/h3-4,6-8,10,13,19H,5H2,1-2H3/t7?,8-,10?,13?/m0/s1. The van der Waals surface area contributed by atoms with Gasteiger partial charge in [0.05, 0.1) is 6.10 Å². The Bertz CT molecular complexity index is 501. The fraction of sp³-hybridized carbons (Fsp3) is 0.538. The minimum Gasteiger partial charge on any atom is -0.366 e. The molecule has 0 saturated carbocycles. The first-order valence-electron chi connectivity index (χ1n) is 6.30. The molecule has 0 aromatic carbocycles. The molecule has 0 bridgehead atoms. The van der Waals surface area contributed by atoms with Gasteiger partial charge in [-0.25, -0.2) is 0 Å². The predicted molar refractivity (Wildman–Crippen MR) is 65.7 cm³/mol. The first-order chi connectivity index (χ1) is 9.43. The Kier molecular flexibility index (Phi) is 4.42. The predicted octanol–water partition coefficient (Wildman–Crippen LogP) is 1.03. The van der Waals surface area contributed by atoms with E-state index in [1.54, 1.807) is 18.7 Å². The zero-order chi connectivity index (χ0) is 14.9. The molecule has 0 radical (unpaired) electrons. The molecule has 1 aliphatic rings. The lowest BCUT2D eigenvalue weighted by atomic mass is 10.0. The number of hydrogen-bond donors (Lipinski definition) is 1. The number of pyridine rings is 1. The van der Waals surface area contributed by atoms with Crippen molar-refractivity contribution in [1.82, 2.24) is 9.88 Å². The van der Waals surface area contributed by atoms with Crippen LogP contribution in [0.3, 0.4) is 0 Å². The van der Waals surface area contributed by atoms with Crippen LogP contribution in [0.15, 0.2) is 12.1 Å². The molecule has 7 heteroatoms. The summed E-state index contributed by atoms with van der Waals surface area (Å²) in [4.78, 5) is 15.9. The molecule has 5 nitrogen and oxygen atoms in total. The number of rotatable bonds is 3. The van der Waals surface area contributed by atoms with Crippen molar-refractivity contribution in [2.24, 2.45) is 0 Å². The van der Waals surface area contributed by atoms with Crippen LogP contribution >= 0.6 is 0 Å². The monoisotopic (exact) mass is 286 g/mol. The van der Waals surface area contributed by atoms with E-state index in [9.17, 15) is 18.7 Å². The summed E-state index contributed by atoms with van der Waals surface area (Å²) in [6.07, 6.45) is -1.02. The van der Waals surface area contributed by atoms with Crippen molar-refractivity contribution < 1.29 is 23.4 Å². The van der Waals surface area contributed by atoms with Crippen LogP contribution in [-0.2, 0) is 9.53 Å². The summed E-state index contributed by atoms with van der Waals surface area (Å²) in [6.45, 7) is 3.75. The van der Waals surface area contributed by atoms with Crippen LogP contribution in [0.5, 0.6) is 0 Å². The molecule has 2 heterocycles. The average Bonchev–Trinajstić information content (AvgIpc) is 2.37. The quantitative estimate of drug-likeness (QED) is 0.664. The lowest BCUT2D eigenvalue weighted by Crippen LogP contribution is -2.55. The highest BCUT2D eigenvalue weighted by atomic mass is 19.1. The maximum absolute atomic E-state index is 13.7. The third kappa shape index (κ3) is 2.84. The summed E-state index contributed by atoms with van der Waals surface area (Å²) >= 11 is 0. The molecule has 1 aromatic heterocycles. The van der Waals surface area contributed by atoms with Crippen LogP contribution in [0.25, 0.3) is 0 Å². The smallest absolute Gasteiger partial charge is 0.220 e. The normalized spacial score (nSPS) is 29.1. The SMILES string of the molecule is CC1CN([C@@H](C)c2ccc(F)nc2F)C(C=O)C(O)O1. The zero-order valence-corrected chi connectivity index (χ0v) is 11.2.